The summed E-state index contributed by atoms with van der Waals surface area (Å²) in [7, 11) is 0. The summed E-state index contributed by atoms with van der Waals surface area (Å²) in [6.45, 7) is 10.3. The summed E-state index contributed by atoms with van der Waals surface area (Å²) in [5.41, 5.74) is 1.45. The van der Waals surface area contributed by atoms with Crippen LogP contribution in [-0.4, -0.2) is 73.2 Å². The Morgan fingerprint density at radius 2 is 1.83 bits per heavy atom. The van der Waals surface area contributed by atoms with E-state index in [-0.39, 0.29) is 11.9 Å². The van der Waals surface area contributed by atoms with Crippen LogP contribution in [0.4, 0.5) is 5.00 Å². The number of carbonyl (C=O) groups is 2. The molecule has 5 rings (SSSR count). The lowest BCUT2D eigenvalue weighted by atomic mass is 10.1. The number of hydrogen-bond donors (Lipinski definition) is 1. The van der Waals surface area contributed by atoms with Crippen LogP contribution >= 0.6 is 11.3 Å². The van der Waals surface area contributed by atoms with Gasteiger partial charge < -0.3 is 14.5 Å². The molecule has 3 aliphatic heterocycles. The van der Waals surface area contributed by atoms with Crippen LogP contribution in [0.2, 0.25) is 0 Å². The monoisotopic (exact) mass is 414 g/mol. The summed E-state index contributed by atoms with van der Waals surface area (Å²) in [5, 5.41) is 3.64. The second-order valence-electron chi connectivity index (χ2n) is 7.84. The third-order valence-corrected chi connectivity index (χ3v) is 7.41. The summed E-state index contributed by atoms with van der Waals surface area (Å²) in [6, 6.07) is 11.6. The number of amides is 1. The number of hydrogen-bond acceptors (Lipinski definition) is 5. The fourth-order valence-corrected chi connectivity index (χ4v) is 5.38. The third-order valence-electron chi connectivity index (χ3n) is 6.31. The van der Waals surface area contributed by atoms with Crippen LogP contribution in [0, 0.1) is 0 Å². The highest BCUT2D eigenvalue weighted by molar-refractivity contribution is 7.20. The maximum absolute atomic E-state index is 13.2. The molecule has 3 aliphatic rings. The molecular weight excluding hydrogens is 386 g/mol. The summed E-state index contributed by atoms with van der Waals surface area (Å²) < 4.78 is 6.07. The second kappa shape index (κ2) is 8.26. The number of nitrogens with zero attached hydrogens (tertiary/aromatic N) is 2. The molecule has 3 saturated heterocycles. The van der Waals surface area contributed by atoms with Crippen LogP contribution < -0.4 is 5.32 Å². The number of anilines is 1. The Morgan fingerprint density at radius 3 is 2.45 bits per heavy atom. The van der Waals surface area contributed by atoms with E-state index < -0.39 is 5.97 Å². The number of rotatable bonds is 6. The first kappa shape index (κ1) is 20.1. The van der Waals surface area contributed by atoms with Gasteiger partial charge in [0.2, 0.25) is 0 Å². The van der Waals surface area contributed by atoms with Crippen molar-refractivity contribution in [2.45, 2.75) is 19.9 Å². The maximum atomic E-state index is 13.2. The quantitative estimate of drug-likeness (QED) is 0.583. The highest BCUT2D eigenvalue weighted by Gasteiger charge is 2.45. The Labute approximate surface area is 175 Å². The largest absolute Gasteiger partial charge is 0.462 e. The second-order valence-corrected chi connectivity index (χ2v) is 8.89. The van der Waals surface area contributed by atoms with E-state index in [2.05, 4.69) is 10.2 Å². The lowest BCUT2D eigenvalue weighted by Crippen LogP contribution is -2.72. The van der Waals surface area contributed by atoms with E-state index in [4.69, 9.17) is 4.74 Å². The smallest absolute Gasteiger partial charge is 0.341 e. The fraction of sp³-hybridized carbons (Fsp3) is 0.455. The zero-order chi connectivity index (χ0) is 20.4. The van der Waals surface area contributed by atoms with E-state index in [1.54, 1.807) is 6.92 Å². The topological polar surface area (TPSA) is 58.6 Å². The molecule has 3 fully saturated rings. The van der Waals surface area contributed by atoms with Crippen LogP contribution in [0.5, 0.6) is 0 Å². The molecule has 6 nitrogen and oxygen atoms in total. The van der Waals surface area contributed by atoms with Gasteiger partial charge in [0.05, 0.1) is 31.8 Å². The van der Waals surface area contributed by atoms with E-state index in [1.807, 2.05) is 43.3 Å². The van der Waals surface area contributed by atoms with Gasteiger partial charge in [0.15, 0.2) is 6.04 Å². The van der Waals surface area contributed by atoms with Crippen molar-refractivity contribution in [3.05, 3.63) is 42.0 Å². The molecule has 2 aromatic rings. The Bertz CT molecular complexity index is 874. The van der Waals surface area contributed by atoms with Crippen molar-refractivity contribution >= 4 is 28.2 Å². The molecule has 7 heteroatoms. The van der Waals surface area contributed by atoms with Gasteiger partial charge in [-0.15, -0.1) is 11.3 Å². The van der Waals surface area contributed by atoms with Gasteiger partial charge in [-0.1, -0.05) is 30.3 Å². The number of piperazine rings is 3. The standard InChI is InChI=1S/C22H27N3O3S/c1-3-28-22(27)18-15-19(17-7-5-4-6-8-17)29-21(18)23-20(26)16(2)25-12-9-24(10-13-25)11-14-25/h4-8,15-16H,3,9-14H2,1-2H3/p+1/t16-/m1/s1. The van der Waals surface area contributed by atoms with Gasteiger partial charge in [-0.3, -0.25) is 9.69 Å². The Balaban J connectivity index is 1.58. The number of carbonyl (C=O) groups excluding carboxylic acids is 2. The Kier molecular flexibility index (Phi) is 5.72. The van der Waals surface area contributed by atoms with Gasteiger partial charge in [-0.05, 0) is 25.5 Å². The molecule has 2 bridgehead atoms. The van der Waals surface area contributed by atoms with Crippen LogP contribution in [0.15, 0.2) is 36.4 Å². The number of benzene rings is 1. The normalized spacial score (nSPS) is 24.1. The third kappa shape index (κ3) is 3.95. The summed E-state index contributed by atoms with van der Waals surface area (Å²) in [6.07, 6.45) is 0. The summed E-state index contributed by atoms with van der Waals surface area (Å²) >= 11 is 1.43. The van der Waals surface area contributed by atoms with E-state index in [1.165, 1.54) is 11.3 Å². The first-order chi connectivity index (χ1) is 14.0. The van der Waals surface area contributed by atoms with Gasteiger partial charge in [0, 0.05) is 24.5 Å². The van der Waals surface area contributed by atoms with Crippen molar-refractivity contribution in [3.8, 4) is 10.4 Å². The molecule has 1 amide bonds. The minimum atomic E-state index is -0.396. The molecule has 1 aromatic heterocycles. The predicted octanol–water partition coefficient (Wildman–Crippen LogP) is 3.06. The average Bonchev–Trinajstić information content (AvgIpc) is 3.19. The number of thiophene rings is 1. The Hall–Kier alpha value is -2.22. The predicted molar refractivity (Wildman–Crippen MR) is 115 cm³/mol. The lowest BCUT2D eigenvalue weighted by Gasteiger charge is -2.52. The van der Waals surface area contributed by atoms with Gasteiger partial charge in [0.25, 0.3) is 5.91 Å². The zero-order valence-corrected chi connectivity index (χ0v) is 17.8. The van der Waals surface area contributed by atoms with Crippen molar-refractivity contribution in [1.29, 1.82) is 0 Å². The average molecular weight is 415 g/mol. The summed E-state index contributed by atoms with van der Waals surface area (Å²) in [4.78, 5) is 29.1. The highest BCUT2D eigenvalue weighted by Crippen LogP contribution is 2.36. The fourth-order valence-electron chi connectivity index (χ4n) is 4.33. The molecule has 1 atom stereocenters. The molecule has 0 saturated carbocycles. The van der Waals surface area contributed by atoms with Crippen molar-refractivity contribution < 1.29 is 18.8 Å². The lowest BCUT2D eigenvalue weighted by molar-refractivity contribution is -0.953. The van der Waals surface area contributed by atoms with Crippen LogP contribution in [0.25, 0.3) is 10.4 Å². The number of fused-ring (bicyclic) bond motifs is 3. The van der Waals surface area contributed by atoms with Crippen LogP contribution in [0.3, 0.4) is 0 Å². The van der Waals surface area contributed by atoms with Crippen LogP contribution in [-0.2, 0) is 9.53 Å². The molecule has 0 aliphatic carbocycles. The summed E-state index contributed by atoms with van der Waals surface area (Å²) in [5.74, 6) is -0.417. The van der Waals surface area contributed by atoms with Crippen molar-refractivity contribution in [1.82, 2.24) is 4.90 Å². The van der Waals surface area contributed by atoms with Crippen LogP contribution in [0.1, 0.15) is 24.2 Å². The molecule has 29 heavy (non-hydrogen) atoms. The first-order valence-corrected chi connectivity index (χ1v) is 11.1. The first-order valence-electron chi connectivity index (χ1n) is 10.3. The van der Waals surface area contributed by atoms with Gasteiger partial charge in [-0.2, -0.15) is 0 Å². The van der Waals surface area contributed by atoms with Crippen molar-refractivity contribution in [2.24, 2.45) is 0 Å². The Morgan fingerprint density at radius 1 is 1.17 bits per heavy atom. The molecule has 1 aromatic carbocycles. The molecule has 154 valence electrons. The highest BCUT2D eigenvalue weighted by atomic mass is 32.1. The van der Waals surface area contributed by atoms with Crippen molar-refractivity contribution in [2.75, 3.05) is 51.2 Å². The number of nitrogens with one attached hydrogen (secondary N) is 1. The molecule has 4 heterocycles. The molecule has 1 N–H and O–H groups in total. The van der Waals surface area contributed by atoms with Gasteiger partial charge in [-0.25, -0.2) is 4.79 Å². The number of esters is 1. The minimum Gasteiger partial charge on any atom is -0.462 e. The van der Waals surface area contributed by atoms with E-state index in [9.17, 15) is 9.59 Å². The number of ether oxygens (including phenoxy) is 1. The number of quaternary nitrogens is 1. The minimum absolute atomic E-state index is 0.0210. The molecule has 0 spiro atoms. The van der Waals surface area contributed by atoms with Gasteiger partial charge in [0.1, 0.15) is 5.00 Å². The molecule has 0 radical (unpaired) electrons. The SMILES string of the molecule is CCOC(=O)c1cc(-c2ccccc2)sc1NC(=O)[C@@H](C)[N+]12CCN(CC1)CC2. The maximum Gasteiger partial charge on any atom is 0.341 e. The van der Waals surface area contributed by atoms with E-state index in [0.717, 1.165) is 54.2 Å². The van der Waals surface area contributed by atoms with E-state index in [0.29, 0.717) is 17.2 Å². The van der Waals surface area contributed by atoms with E-state index >= 15 is 0 Å². The molecule has 0 unspecified atom stereocenters. The molecular formula is C22H28N3O3S+. The zero-order valence-electron chi connectivity index (χ0n) is 17.0. The van der Waals surface area contributed by atoms with Gasteiger partial charge >= 0.3 is 5.97 Å². The van der Waals surface area contributed by atoms with Crippen molar-refractivity contribution in [3.63, 3.8) is 0 Å².